The van der Waals surface area contributed by atoms with E-state index in [9.17, 15) is 0 Å². The van der Waals surface area contributed by atoms with Gasteiger partial charge in [0.2, 0.25) is 0 Å². The number of hydrogen-bond acceptors (Lipinski definition) is 0. The monoisotopic (exact) mass is 300 g/mol. The van der Waals surface area contributed by atoms with Gasteiger partial charge in [0.05, 0.1) is 0 Å². The highest BCUT2D eigenvalue weighted by Gasteiger charge is 2.20. The Morgan fingerprint density at radius 3 is 1.88 bits per heavy atom. The first-order valence-electron chi connectivity index (χ1n) is 8.47. The fourth-order valence-corrected chi connectivity index (χ4v) is 4.99. The molecule has 24 heavy (non-hydrogen) atoms. The van der Waals surface area contributed by atoms with E-state index in [4.69, 9.17) is 0 Å². The fraction of sp³-hybridized carbons (Fsp3) is 0. The van der Waals surface area contributed by atoms with Crippen LogP contribution in [0.25, 0.3) is 64.6 Å². The van der Waals surface area contributed by atoms with Gasteiger partial charge in [-0.05, 0) is 70.7 Å². The SMILES string of the molecule is c1ccc2c(c1)c1ccc3c4cccc5ccc6cc2c1c3c6c54. The quantitative estimate of drug-likeness (QED) is 0.267. The van der Waals surface area contributed by atoms with Crippen LogP contribution in [0.1, 0.15) is 0 Å². The first-order chi connectivity index (χ1) is 11.9. The highest BCUT2D eigenvalue weighted by Crippen LogP contribution is 2.49. The average Bonchev–Trinajstić information content (AvgIpc) is 3.14. The summed E-state index contributed by atoms with van der Waals surface area (Å²) in [5.74, 6) is 0. The summed E-state index contributed by atoms with van der Waals surface area (Å²) in [6.45, 7) is 0. The molecule has 7 aromatic carbocycles. The second-order valence-corrected chi connectivity index (χ2v) is 6.95. The van der Waals surface area contributed by atoms with Gasteiger partial charge in [-0.15, -0.1) is 0 Å². The molecule has 0 atom stereocenters. The minimum atomic E-state index is 1.35. The summed E-state index contributed by atoms with van der Waals surface area (Å²) in [4.78, 5) is 0. The minimum absolute atomic E-state index is 1.35. The van der Waals surface area contributed by atoms with E-state index in [1.807, 2.05) is 0 Å². The van der Waals surface area contributed by atoms with Crippen molar-refractivity contribution in [3.05, 3.63) is 72.8 Å². The van der Waals surface area contributed by atoms with E-state index in [1.165, 1.54) is 64.6 Å². The molecule has 0 aliphatic carbocycles. The van der Waals surface area contributed by atoms with E-state index in [2.05, 4.69) is 72.8 Å². The van der Waals surface area contributed by atoms with Crippen LogP contribution in [0.15, 0.2) is 72.8 Å². The van der Waals surface area contributed by atoms with Gasteiger partial charge in [-0.3, -0.25) is 0 Å². The van der Waals surface area contributed by atoms with Crippen molar-refractivity contribution in [2.75, 3.05) is 0 Å². The second kappa shape index (κ2) is 3.52. The molecule has 0 N–H and O–H groups in total. The van der Waals surface area contributed by atoms with Gasteiger partial charge in [0.1, 0.15) is 0 Å². The van der Waals surface area contributed by atoms with Crippen LogP contribution < -0.4 is 0 Å². The molecule has 7 aromatic rings. The Balaban J connectivity index is 2.02. The highest BCUT2D eigenvalue weighted by molar-refractivity contribution is 6.46. The van der Waals surface area contributed by atoms with Crippen molar-refractivity contribution < 1.29 is 0 Å². The third-order valence-electron chi connectivity index (χ3n) is 5.90. The van der Waals surface area contributed by atoms with Gasteiger partial charge < -0.3 is 0 Å². The lowest BCUT2D eigenvalue weighted by molar-refractivity contribution is 1.85. The predicted molar refractivity (Wildman–Crippen MR) is 105 cm³/mol. The molecule has 0 heteroatoms. The summed E-state index contributed by atoms with van der Waals surface area (Å²) in [5.41, 5.74) is 0. The topological polar surface area (TPSA) is 0 Å². The molecule has 0 saturated carbocycles. The number of hydrogen-bond donors (Lipinski definition) is 0. The normalized spacial score (nSPS) is 13.0. The zero-order valence-electron chi connectivity index (χ0n) is 12.9. The van der Waals surface area contributed by atoms with Gasteiger partial charge in [-0.25, -0.2) is 0 Å². The van der Waals surface area contributed by atoms with Crippen LogP contribution in [0.2, 0.25) is 0 Å². The van der Waals surface area contributed by atoms with Crippen LogP contribution in [0, 0.1) is 0 Å². The zero-order valence-corrected chi connectivity index (χ0v) is 12.9. The van der Waals surface area contributed by atoms with E-state index >= 15 is 0 Å². The summed E-state index contributed by atoms with van der Waals surface area (Å²) in [7, 11) is 0. The first kappa shape index (κ1) is 11.4. The molecular weight excluding hydrogens is 288 g/mol. The summed E-state index contributed by atoms with van der Waals surface area (Å²) in [6.07, 6.45) is 0. The second-order valence-electron chi connectivity index (χ2n) is 6.95. The van der Waals surface area contributed by atoms with E-state index < -0.39 is 0 Å². The predicted octanol–water partition coefficient (Wildman–Crippen LogP) is 6.92. The largest absolute Gasteiger partial charge is 0.0616 e. The van der Waals surface area contributed by atoms with Gasteiger partial charge in [0.25, 0.3) is 0 Å². The Hall–Kier alpha value is -3.12. The molecule has 108 valence electrons. The molecule has 7 rings (SSSR count). The molecule has 0 heterocycles. The number of rotatable bonds is 0. The van der Waals surface area contributed by atoms with Crippen molar-refractivity contribution >= 4 is 64.6 Å². The Labute approximate surface area is 137 Å². The van der Waals surface area contributed by atoms with E-state index in [1.54, 1.807) is 0 Å². The molecule has 0 aliphatic heterocycles. The summed E-state index contributed by atoms with van der Waals surface area (Å²) < 4.78 is 0. The Morgan fingerprint density at radius 1 is 0.333 bits per heavy atom. The first-order valence-corrected chi connectivity index (χ1v) is 8.47. The van der Waals surface area contributed by atoms with Crippen LogP contribution in [0.3, 0.4) is 0 Å². The molecular formula is C24H12. The Bertz CT molecular complexity index is 1530. The molecule has 0 radical (unpaired) electrons. The zero-order chi connectivity index (χ0) is 15.4. The maximum Gasteiger partial charge on any atom is -0.000762 e. The molecule has 0 nitrogen and oxygen atoms in total. The van der Waals surface area contributed by atoms with Crippen molar-refractivity contribution in [3.63, 3.8) is 0 Å². The molecule has 0 saturated heterocycles. The highest BCUT2D eigenvalue weighted by atomic mass is 14.2. The minimum Gasteiger partial charge on any atom is -0.0616 e. The van der Waals surface area contributed by atoms with Gasteiger partial charge >= 0.3 is 0 Å². The number of benzene rings is 5. The van der Waals surface area contributed by atoms with Crippen LogP contribution in [-0.4, -0.2) is 0 Å². The van der Waals surface area contributed by atoms with Crippen LogP contribution >= 0.6 is 0 Å². The smallest absolute Gasteiger partial charge is 0.000762 e. The molecule has 0 aromatic heterocycles. The van der Waals surface area contributed by atoms with Gasteiger partial charge in [-0.2, -0.15) is 0 Å². The van der Waals surface area contributed by atoms with E-state index in [0.717, 1.165) is 0 Å². The molecule has 0 amide bonds. The Kier molecular flexibility index (Phi) is 1.67. The molecule has 0 spiro atoms. The van der Waals surface area contributed by atoms with Crippen molar-refractivity contribution in [2.45, 2.75) is 0 Å². The van der Waals surface area contributed by atoms with Gasteiger partial charge in [-0.1, -0.05) is 66.7 Å². The van der Waals surface area contributed by atoms with Gasteiger partial charge in [0, 0.05) is 0 Å². The van der Waals surface area contributed by atoms with Gasteiger partial charge in [0.15, 0.2) is 0 Å². The Morgan fingerprint density at radius 2 is 1.00 bits per heavy atom. The van der Waals surface area contributed by atoms with E-state index in [0.29, 0.717) is 0 Å². The summed E-state index contributed by atoms with van der Waals surface area (Å²) in [6, 6.07) is 27.1. The van der Waals surface area contributed by atoms with E-state index in [-0.39, 0.29) is 0 Å². The van der Waals surface area contributed by atoms with Crippen molar-refractivity contribution in [3.8, 4) is 0 Å². The molecule has 0 aliphatic rings. The molecule has 0 unspecified atom stereocenters. The van der Waals surface area contributed by atoms with Crippen LogP contribution in [0.5, 0.6) is 0 Å². The molecule has 0 bridgehead atoms. The summed E-state index contributed by atoms with van der Waals surface area (Å²) in [5, 5.41) is 16.9. The fourth-order valence-electron chi connectivity index (χ4n) is 4.99. The van der Waals surface area contributed by atoms with Crippen molar-refractivity contribution in [1.82, 2.24) is 0 Å². The standard InChI is InChI=1S/C24H12/c1-2-6-16-15(5-1)18-10-11-19-17-7-3-4-13-8-9-14-12-20(16)23(18)24(19)22(14)21(13)17/h1-12H. The van der Waals surface area contributed by atoms with Crippen LogP contribution in [0.4, 0.5) is 0 Å². The lowest BCUT2D eigenvalue weighted by atomic mass is 9.98. The number of fused-ring (bicyclic) bond motifs is 4. The average molecular weight is 300 g/mol. The van der Waals surface area contributed by atoms with Crippen LogP contribution in [-0.2, 0) is 0 Å². The third-order valence-corrected chi connectivity index (χ3v) is 5.90. The lowest BCUT2D eigenvalue weighted by Crippen LogP contribution is -1.77. The third kappa shape index (κ3) is 1.05. The van der Waals surface area contributed by atoms with Crippen molar-refractivity contribution in [1.29, 1.82) is 0 Å². The summed E-state index contributed by atoms with van der Waals surface area (Å²) >= 11 is 0. The maximum atomic E-state index is 2.40. The molecule has 0 fully saturated rings. The maximum absolute atomic E-state index is 2.40. The van der Waals surface area contributed by atoms with Crippen molar-refractivity contribution in [2.24, 2.45) is 0 Å². The lowest BCUT2D eigenvalue weighted by Gasteiger charge is -2.05.